The Morgan fingerprint density at radius 2 is 2.08 bits per heavy atom. The number of carbonyl (C=O) groups excluding carboxylic acids is 2. The Labute approximate surface area is 70.4 Å². The Morgan fingerprint density at radius 1 is 1.50 bits per heavy atom. The van der Waals surface area contributed by atoms with Crippen LogP contribution in [-0.4, -0.2) is 30.5 Å². The maximum atomic E-state index is 10.7. The second-order valence-electron chi connectivity index (χ2n) is 2.81. The van der Waals surface area contributed by atoms with Crippen LogP contribution in [-0.2, 0) is 14.4 Å². The largest absolute Gasteiger partial charge is 0.371 e. The SMILES string of the molecule is NC(=O)C1CCN(OC=O)CC1. The van der Waals surface area contributed by atoms with Crippen molar-refractivity contribution in [2.45, 2.75) is 12.8 Å². The summed E-state index contributed by atoms with van der Waals surface area (Å²) < 4.78 is 0. The fourth-order valence-corrected chi connectivity index (χ4v) is 1.31. The fourth-order valence-electron chi connectivity index (χ4n) is 1.31. The highest BCUT2D eigenvalue weighted by molar-refractivity contribution is 5.76. The molecule has 0 unspecified atom stereocenters. The lowest BCUT2D eigenvalue weighted by atomic mass is 9.97. The van der Waals surface area contributed by atoms with Crippen LogP contribution in [0.25, 0.3) is 0 Å². The van der Waals surface area contributed by atoms with Gasteiger partial charge in [0, 0.05) is 19.0 Å². The molecule has 1 aliphatic heterocycles. The Balaban J connectivity index is 2.29. The van der Waals surface area contributed by atoms with Crippen LogP contribution in [0.4, 0.5) is 0 Å². The summed E-state index contributed by atoms with van der Waals surface area (Å²) in [7, 11) is 0. The van der Waals surface area contributed by atoms with E-state index in [1.165, 1.54) is 5.06 Å². The van der Waals surface area contributed by atoms with Crippen molar-refractivity contribution in [3.8, 4) is 0 Å². The van der Waals surface area contributed by atoms with Gasteiger partial charge >= 0.3 is 6.47 Å². The van der Waals surface area contributed by atoms with Crippen molar-refractivity contribution >= 4 is 12.4 Å². The number of piperidine rings is 1. The minimum absolute atomic E-state index is 0.0588. The molecule has 5 nitrogen and oxygen atoms in total. The molecule has 5 heteroatoms. The van der Waals surface area contributed by atoms with Crippen molar-refractivity contribution in [1.29, 1.82) is 0 Å². The van der Waals surface area contributed by atoms with E-state index in [0.29, 0.717) is 32.4 Å². The van der Waals surface area contributed by atoms with Gasteiger partial charge in [-0.15, -0.1) is 5.06 Å². The molecule has 0 radical (unpaired) electrons. The molecule has 1 amide bonds. The molecule has 0 bridgehead atoms. The van der Waals surface area contributed by atoms with Crippen molar-refractivity contribution in [1.82, 2.24) is 5.06 Å². The van der Waals surface area contributed by atoms with E-state index in [-0.39, 0.29) is 11.8 Å². The third-order valence-electron chi connectivity index (χ3n) is 2.05. The second kappa shape index (κ2) is 4.06. The third kappa shape index (κ3) is 2.20. The summed E-state index contributed by atoms with van der Waals surface area (Å²) in [6, 6.07) is 0. The standard InChI is InChI=1S/C7H12N2O3/c8-7(11)6-1-3-9(4-2-6)12-5-10/h5-6H,1-4H2,(H2,8,11). The Kier molecular flexibility index (Phi) is 3.04. The molecule has 1 heterocycles. The minimum Gasteiger partial charge on any atom is -0.371 e. The minimum atomic E-state index is -0.263. The van der Waals surface area contributed by atoms with Gasteiger partial charge in [-0.05, 0) is 12.8 Å². The van der Waals surface area contributed by atoms with Crippen molar-refractivity contribution in [3.05, 3.63) is 0 Å². The molecule has 1 saturated heterocycles. The van der Waals surface area contributed by atoms with Crippen LogP contribution in [0, 0.1) is 5.92 Å². The van der Waals surface area contributed by atoms with Crippen molar-refractivity contribution in [2.24, 2.45) is 11.7 Å². The van der Waals surface area contributed by atoms with E-state index in [9.17, 15) is 9.59 Å². The smallest absolute Gasteiger partial charge is 0.312 e. The van der Waals surface area contributed by atoms with Gasteiger partial charge < -0.3 is 10.6 Å². The van der Waals surface area contributed by atoms with E-state index in [4.69, 9.17) is 5.73 Å². The number of primary amides is 1. The van der Waals surface area contributed by atoms with Gasteiger partial charge in [0.2, 0.25) is 5.91 Å². The molecule has 0 saturated carbocycles. The number of nitrogens with zero attached hydrogens (tertiary/aromatic N) is 1. The quantitative estimate of drug-likeness (QED) is 0.570. The van der Waals surface area contributed by atoms with E-state index in [1.54, 1.807) is 0 Å². The van der Waals surface area contributed by atoms with Gasteiger partial charge in [0.1, 0.15) is 0 Å². The fraction of sp³-hybridized carbons (Fsp3) is 0.714. The van der Waals surface area contributed by atoms with Crippen molar-refractivity contribution in [2.75, 3.05) is 13.1 Å². The zero-order chi connectivity index (χ0) is 8.97. The van der Waals surface area contributed by atoms with E-state index in [1.807, 2.05) is 0 Å². The van der Waals surface area contributed by atoms with Crippen LogP contribution in [0.2, 0.25) is 0 Å². The van der Waals surface area contributed by atoms with Crippen LogP contribution in [0.3, 0.4) is 0 Å². The van der Waals surface area contributed by atoms with Crippen LogP contribution < -0.4 is 5.73 Å². The molecule has 2 N–H and O–H groups in total. The molecular weight excluding hydrogens is 160 g/mol. The highest BCUT2D eigenvalue weighted by Crippen LogP contribution is 2.15. The van der Waals surface area contributed by atoms with Gasteiger partial charge in [-0.3, -0.25) is 9.59 Å². The molecule has 1 fully saturated rings. The average molecular weight is 172 g/mol. The van der Waals surface area contributed by atoms with Gasteiger partial charge in [-0.25, -0.2) is 0 Å². The number of carbonyl (C=O) groups is 2. The number of nitrogens with two attached hydrogens (primary N) is 1. The summed E-state index contributed by atoms with van der Waals surface area (Å²) >= 11 is 0. The summed E-state index contributed by atoms with van der Waals surface area (Å²) in [6.45, 7) is 1.57. The first kappa shape index (κ1) is 8.99. The summed E-state index contributed by atoms with van der Waals surface area (Å²) in [5.41, 5.74) is 5.12. The summed E-state index contributed by atoms with van der Waals surface area (Å²) in [5.74, 6) is -0.322. The van der Waals surface area contributed by atoms with Crippen LogP contribution >= 0.6 is 0 Å². The molecule has 12 heavy (non-hydrogen) atoms. The van der Waals surface area contributed by atoms with Gasteiger partial charge in [-0.2, -0.15) is 0 Å². The molecule has 0 aromatic carbocycles. The third-order valence-corrected chi connectivity index (χ3v) is 2.05. The van der Waals surface area contributed by atoms with E-state index < -0.39 is 0 Å². The molecular formula is C7H12N2O3. The Bertz CT molecular complexity index is 175. The molecule has 1 rings (SSSR count). The number of hydrogen-bond donors (Lipinski definition) is 1. The summed E-state index contributed by atoms with van der Waals surface area (Å²) in [4.78, 5) is 25.3. The Hall–Kier alpha value is -1.10. The summed E-state index contributed by atoms with van der Waals surface area (Å²) in [6.07, 6.45) is 1.34. The lowest BCUT2D eigenvalue weighted by Crippen LogP contribution is -2.38. The first-order valence-electron chi connectivity index (χ1n) is 3.88. The van der Waals surface area contributed by atoms with Gasteiger partial charge in [0.05, 0.1) is 0 Å². The molecule has 0 aromatic rings. The maximum Gasteiger partial charge on any atom is 0.312 e. The van der Waals surface area contributed by atoms with Crippen molar-refractivity contribution < 1.29 is 14.4 Å². The highest BCUT2D eigenvalue weighted by atomic mass is 16.7. The van der Waals surface area contributed by atoms with Gasteiger partial charge in [0.25, 0.3) is 0 Å². The lowest BCUT2D eigenvalue weighted by Gasteiger charge is -2.27. The molecule has 0 spiro atoms. The topological polar surface area (TPSA) is 72.6 Å². The van der Waals surface area contributed by atoms with Crippen LogP contribution in [0.5, 0.6) is 0 Å². The zero-order valence-electron chi connectivity index (χ0n) is 6.73. The van der Waals surface area contributed by atoms with Crippen molar-refractivity contribution in [3.63, 3.8) is 0 Å². The van der Waals surface area contributed by atoms with E-state index >= 15 is 0 Å². The van der Waals surface area contributed by atoms with Gasteiger partial charge in [-0.1, -0.05) is 0 Å². The summed E-state index contributed by atoms with van der Waals surface area (Å²) in [5, 5.41) is 1.53. The number of rotatable bonds is 3. The lowest BCUT2D eigenvalue weighted by molar-refractivity contribution is -0.180. The van der Waals surface area contributed by atoms with E-state index in [2.05, 4.69) is 4.84 Å². The second-order valence-corrected chi connectivity index (χ2v) is 2.81. The molecule has 0 aliphatic carbocycles. The highest BCUT2D eigenvalue weighted by Gasteiger charge is 2.23. The van der Waals surface area contributed by atoms with Crippen LogP contribution in [0.15, 0.2) is 0 Å². The first-order valence-corrected chi connectivity index (χ1v) is 3.88. The van der Waals surface area contributed by atoms with Crippen LogP contribution in [0.1, 0.15) is 12.8 Å². The molecule has 0 aromatic heterocycles. The average Bonchev–Trinajstić information content (AvgIpc) is 2.06. The molecule has 68 valence electrons. The predicted octanol–water partition coefficient (Wildman–Crippen LogP) is -0.728. The number of amides is 1. The monoisotopic (exact) mass is 172 g/mol. The van der Waals surface area contributed by atoms with Gasteiger partial charge in [0.15, 0.2) is 0 Å². The van der Waals surface area contributed by atoms with E-state index in [0.717, 1.165) is 0 Å². The first-order chi connectivity index (χ1) is 5.74. The zero-order valence-corrected chi connectivity index (χ0v) is 6.73. The number of hydrogen-bond acceptors (Lipinski definition) is 4. The predicted molar refractivity (Wildman–Crippen MR) is 40.6 cm³/mol. The molecule has 1 aliphatic rings. The normalized spacial score (nSPS) is 20.3. The Morgan fingerprint density at radius 3 is 2.50 bits per heavy atom. The molecule has 0 atom stereocenters. The maximum absolute atomic E-state index is 10.7. The number of hydroxylamine groups is 2.